The van der Waals surface area contributed by atoms with E-state index in [9.17, 15) is 18.0 Å². The molecule has 2 aromatic carbocycles. The van der Waals surface area contributed by atoms with Crippen LogP contribution in [0.5, 0.6) is 5.75 Å². The van der Waals surface area contributed by atoms with Crippen LogP contribution in [0.25, 0.3) is 0 Å². The molecule has 1 aliphatic carbocycles. The normalized spacial score (nSPS) is 15.3. The Hall–Kier alpha value is -2.87. The van der Waals surface area contributed by atoms with Gasteiger partial charge in [-0.05, 0) is 75.1 Å². The van der Waals surface area contributed by atoms with Crippen LogP contribution in [0.1, 0.15) is 54.1 Å². The van der Waals surface area contributed by atoms with Crippen molar-refractivity contribution in [2.75, 3.05) is 0 Å². The lowest BCUT2D eigenvalue weighted by Crippen LogP contribution is -2.40. The number of amides is 1. The minimum Gasteiger partial charge on any atom is -0.449 e. The van der Waals surface area contributed by atoms with Crippen molar-refractivity contribution in [2.45, 2.75) is 63.5 Å². The van der Waals surface area contributed by atoms with Gasteiger partial charge in [0.25, 0.3) is 5.91 Å². The van der Waals surface area contributed by atoms with Crippen LogP contribution in [0.4, 0.5) is 0 Å². The van der Waals surface area contributed by atoms with Crippen LogP contribution in [-0.2, 0) is 19.6 Å². The van der Waals surface area contributed by atoms with Crippen LogP contribution in [0.3, 0.4) is 0 Å². The van der Waals surface area contributed by atoms with Gasteiger partial charge in [-0.1, -0.05) is 25.0 Å². The maximum absolute atomic E-state index is 12.6. The Bertz CT molecular complexity index is 1060. The fourth-order valence-electron chi connectivity index (χ4n) is 3.47. The van der Waals surface area contributed by atoms with Crippen LogP contribution >= 0.6 is 0 Å². The predicted molar refractivity (Wildman–Crippen MR) is 115 cm³/mol. The number of ether oxygens (including phenoxy) is 1. The molecule has 1 N–H and O–H groups in total. The zero-order chi connectivity index (χ0) is 22.6. The van der Waals surface area contributed by atoms with E-state index in [1.54, 1.807) is 26.0 Å². The summed E-state index contributed by atoms with van der Waals surface area (Å²) < 4.78 is 35.6. The number of hydrogen-bond donors (Lipinski definition) is 1. The second-order valence-corrected chi connectivity index (χ2v) is 9.38. The van der Waals surface area contributed by atoms with Gasteiger partial charge in [-0.25, -0.2) is 4.79 Å². The van der Waals surface area contributed by atoms with Gasteiger partial charge < -0.3 is 14.2 Å². The van der Waals surface area contributed by atoms with Crippen molar-refractivity contribution in [1.29, 1.82) is 0 Å². The number of carbonyl (C=O) groups is 2. The number of benzene rings is 2. The van der Waals surface area contributed by atoms with Crippen molar-refractivity contribution in [1.82, 2.24) is 5.32 Å². The topological polar surface area (TPSA) is 98.8 Å². The molecule has 1 unspecified atom stereocenters. The molecule has 0 bridgehead atoms. The monoisotopic (exact) mass is 445 g/mol. The largest absolute Gasteiger partial charge is 0.449 e. The van der Waals surface area contributed by atoms with Gasteiger partial charge in [-0.3, -0.25) is 4.79 Å². The third-order valence-corrected chi connectivity index (χ3v) is 6.65. The molecule has 31 heavy (non-hydrogen) atoms. The van der Waals surface area contributed by atoms with Crippen molar-refractivity contribution >= 4 is 22.0 Å². The smallest absolute Gasteiger partial charge is 0.339 e. The van der Waals surface area contributed by atoms with Crippen molar-refractivity contribution in [2.24, 2.45) is 0 Å². The first kappa shape index (κ1) is 22.8. The van der Waals surface area contributed by atoms with Crippen LogP contribution in [0.15, 0.2) is 47.4 Å². The molecule has 0 radical (unpaired) electrons. The molecule has 0 heterocycles. The molecule has 7 nitrogen and oxygen atoms in total. The molecule has 2 aromatic rings. The third kappa shape index (κ3) is 5.85. The molecule has 1 saturated carbocycles. The van der Waals surface area contributed by atoms with Crippen LogP contribution < -0.4 is 9.50 Å². The summed E-state index contributed by atoms with van der Waals surface area (Å²) in [5.74, 6) is -0.915. The first-order chi connectivity index (χ1) is 14.7. The average Bonchev–Trinajstić information content (AvgIpc) is 3.23. The van der Waals surface area contributed by atoms with Gasteiger partial charge in [0.15, 0.2) is 6.10 Å². The fourth-order valence-corrected chi connectivity index (χ4v) is 4.71. The molecule has 1 aliphatic rings. The minimum atomic E-state index is -4.01. The van der Waals surface area contributed by atoms with E-state index in [2.05, 4.69) is 5.32 Å². The highest BCUT2D eigenvalue weighted by Gasteiger charge is 2.24. The Kier molecular flexibility index (Phi) is 7.00. The van der Waals surface area contributed by atoms with Gasteiger partial charge in [0, 0.05) is 6.04 Å². The number of nitrogens with one attached hydrogen (secondary N) is 1. The third-order valence-electron chi connectivity index (χ3n) is 5.26. The van der Waals surface area contributed by atoms with E-state index in [0.29, 0.717) is 5.56 Å². The maximum atomic E-state index is 12.6. The minimum absolute atomic E-state index is 0.0736. The molecule has 8 heteroatoms. The van der Waals surface area contributed by atoms with Gasteiger partial charge in [-0.15, -0.1) is 0 Å². The number of aryl methyl sites for hydroxylation is 2. The molecule has 0 spiro atoms. The lowest BCUT2D eigenvalue weighted by molar-refractivity contribution is -0.129. The van der Waals surface area contributed by atoms with E-state index >= 15 is 0 Å². The summed E-state index contributed by atoms with van der Waals surface area (Å²) in [5, 5.41) is 2.89. The Morgan fingerprint density at radius 2 is 1.68 bits per heavy atom. The standard InChI is InChI=1S/C23H27NO6S/c1-15-8-9-16(2)21(14-15)31(27,28)30-20-12-10-18(11-13-20)23(26)29-17(3)22(25)24-19-6-4-5-7-19/h8-14,17,19H,4-7H2,1-3H3,(H,24,25). The lowest BCUT2D eigenvalue weighted by atomic mass is 10.2. The van der Waals surface area contributed by atoms with Crippen molar-refractivity contribution in [3.8, 4) is 5.75 Å². The maximum Gasteiger partial charge on any atom is 0.339 e. The average molecular weight is 446 g/mol. The van der Waals surface area contributed by atoms with E-state index in [0.717, 1.165) is 31.2 Å². The fraction of sp³-hybridized carbons (Fsp3) is 0.391. The summed E-state index contributed by atoms with van der Waals surface area (Å²) in [6.07, 6.45) is 3.14. The van der Waals surface area contributed by atoms with Crippen molar-refractivity contribution < 1.29 is 26.9 Å². The van der Waals surface area contributed by atoms with Crippen molar-refractivity contribution in [3.05, 3.63) is 59.2 Å². The molecule has 1 atom stereocenters. The number of rotatable bonds is 7. The molecule has 0 aromatic heterocycles. The zero-order valence-electron chi connectivity index (χ0n) is 17.9. The SMILES string of the molecule is Cc1ccc(C)c(S(=O)(=O)Oc2ccc(C(=O)OC(C)C(=O)NC3CCCC3)cc2)c1. The van der Waals surface area contributed by atoms with E-state index in [4.69, 9.17) is 8.92 Å². The second kappa shape index (κ2) is 9.51. The summed E-state index contributed by atoms with van der Waals surface area (Å²) in [6.45, 7) is 5.02. The van der Waals surface area contributed by atoms with Gasteiger partial charge in [0.05, 0.1) is 5.56 Å². The van der Waals surface area contributed by atoms with Crippen LogP contribution in [0.2, 0.25) is 0 Å². The summed E-state index contributed by atoms with van der Waals surface area (Å²) in [7, 11) is -4.01. The molecular formula is C23H27NO6S. The Morgan fingerprint density at radius 1 is 1.03 bits per heavy atom. The molecule has 1 amide bonds. The first-order valence-electron chi connectivity index (χ1n) is 10.3. The van der Waals surface area contributed by atoms with Gasteiger partial charge in [-0.2, -0.15) is 8.42 Å². The Morgan fingerprint density at radius 3 is 2.32 bits per heavy atom. The highest BCUT2D eigenvalue weighted by Crippen LogP contribution is 2.23. The first-order valence-corrected chi connectivity index (χ1v) is 11.7. The van der Waals surface area contributed by atoms with Crippen LogP contribution in [0, 0.1) is 13.8 Å². The lowest BCUT2D eigenvalue weighted by Gasteiger charge is -2.17. The molecule has 0 aliphatic heterocycles. The van der Waals surface area contributed by atoms with Crippen molar-refractivity contribution in [3.63, 3.8) is 0 Å². The van der Waals surface area contributed by atoms with E-state index in [-0.39, 0.29) is 28.2 Å². The summed E-state index contributed by atoms with van der Waals surface area (Å²) >= 11 is 0. The zero-order valence-corrected chi connectivity index (χ0v) is 18.7. The highest BCUT2D eigenvalue weighted by atomic mass is 32.2. The number of carbonyl (C=O) groups excluding carboxylic acids is 2. The summed E-state index contributed by atoms with van der Waals surface area (Å²) in [4.78, 5) is 24.6. The highest BCUT2D eigenvalue weighted by molar-refractivity contribution is 7.87. The van der Waals surface area contributed by atoms with Gasteiger partial charge in [0.1, 0.15) is 10.6 Å². The molecular weight excluding hydrogens is 418 g/mol. The molecule has 166 valence electrons. The predicted octanol–water partition coefficient (Wildman–Crippen LogP) is 3.68. The quantitative estimate of drug-likeness (QED) is 0.516. The number of esters is 1. The second-order valence-electron chi connectivity index (χ2n) is 7.87. The Labute approximate surface area is 182 Å². The summed E-state index contributed by atoms with van der Waals surface area (Å²) in [5.41, 5.74) is 1.57. The van der Waals surface area contributed by atoms with Gasteiger partial charge in [0.2, 0.25) is 0 Å². The van der Waals surface area contributed by atoms with Crippen LogP contribution in [-0.4, -0.2) is 32.4 Å². The van der Waals surface area contributed by atoms with E-state index < -0.39 is 22.2 Å². The molecule has 1 fully saturated rings. The molecule has 3 rings (SSSR count). The number of hydrogen-bond acceptors (Lipinski definition) is 6. The van der Waals surface area contributed by atoms with E-state index in [1.807, 2.05) is 6.07 Å². The Balaban J connectivity index is 1.62. The summed E-state index contributed by atoms with van der Waals surface area (Å²) in [6, 6.07) is 10.8. The van der Waals surface area contributed by atoms with E-state index in [1.165, 1.54) is 31.2 Å². The molecule has 0 saturated heterocycles. The van der Waals surface area contributed by atoms with Gasteiger partial charge >= 0.3 is 16.1 Å².